The zero-order valence-corrected chi connectivity index (χ0v) is 10.4. The fourth-order valence-electron chi connectivity index (χ4n) is 2.22. The van der Waals surface area contributed by atoms with Gasteiger partial charge in [0.15, 0.2) is 0 Å². The SMILES string of the molecule is COc1ncc(CN2CCCCC2C(=O)O)cn1. The summed E-state index contributed by atoms with van der Waals surface area (Å²) in [5.74, 6) is -0.746. The van der Waals surface area contributed by atoms with E-state index in [4.69, 9.17) is 4.74 Å². The maximum Gasteiger partial charge on any atom is 0.320 e. The largest absolute Gasteiger partial charge is 0.480 e. The molecule has 1 N–H and O–H groups in total. The second kappa shape index (κ2) is 5.77. The van der Waals surface area contributed by atoms with Gasteiger partial charge in [-0.05, 0) is 19.4 Å². The second-order valence-corrected chi connectivity index (χ2v) is 4.40. The van der Waals surface area contributed by atoms with E-state index in [-0.39, 0.29) is 6.04 Å². The van der Waals surface area contributed by atoms with Crippen LogP contribution < -0.4 is 4.74 Å². The quantitative estimate of drug-likeness (QED) is 0.857. The number of likely N-dealkylation sites (tertiary alicyclic amines) is 1. The summed E-state index contributed by atoms with van der Waals surface area (Å²) >= 11 is 0. The van der Waals surface area contributed by atoms with Crippen LogP contribution in [-0.4, -0.2) is 45.6 Å². The van der Waals surface area contributed by atoms with E-state index in [0.717, 1.165) is 24.9 Å². The van der Waals surface area contributed by atoms with Gasteiger partial charge in [-0.1, -0.05) is 6.42 Å². The number of hydrogen-bond donors (Lipinski definition) is 1. The molecule has 1 atom stereocenters. The topological polar surface area (TPSA) is 75.5 Å². The van der Waals surface area contributed by atoms with Crippen molar-refractivity contribution in [1.29, 1.82) is 0 Å². The molecule has 1 saturated heterocycles. The molecule has 18 heavy (non-hydrogen) atoms. The lowest BCUT2D eigenvalue weighted by Gasteiger charge is -2.32. The third-order valence-electron chi connectivity index (χ3n) is 3.15. The van der Waals surface area contributed by atoms with Crippen LogP contribution in [0.2, 0.25) is 0 Å². The van der Waals surface area contributed by atoms with Gasteiger partial charge in [0.2, 0.25) is 0 Å². The van der Waals surface area contributed by atoms with Gasteiger partial charge in [0.05, 0.1) is 7.11 Å². The first kappa shape index (κ1) is 12.8. The van der Waals surface area contributed by atoms with Gasteiger partial charge in [0.1, 0.15) is 6.04 Å². The Morgan fingerprint density at radius 3 is 2.83 bits per heavy atom. The zero-order valence-electron chi connectivity index (χ0n) is 10.4. The Labute approximate surface area is 106 Å². The normalized spacial score (nSPS) is 20.6. The Morgan fingerprint density at radius 1 is 1.50 bits per heavy atom. The molecule has 1 aromatic heterocycles. The van der Waals surface area contributed by atoms with E-state index in [2.05, 4.69) is 9.97 Å². The highest BCUT2D eigenvalue weighted by Gasteiger charge is 2.28. The summed E-state index contributed by atoms with van der Waals surface area (Å²) in [5.41, 5.74) is 0.906. The van der Waals surface area contributed by atoms with Crippen LogP contribution in [0.15, 0.2) is 12.4 Å². The zero-order chi connectivity index (χ0) is 13.0. The summed E-state index contributed by atoms with van der Waals surface area (Å²) in [7, 11) is 1.51. The molecule has 6 nitrogen and oxygen atoms in total. The molecule has 0 bridgehead atoms. The first-order valence-corrected chi connectivity index (χ1v) is 6.02. The predicted molar refractivity (Wildman–Crippen MR) is 64.3 cm³/mol. The minimum absolute atomic E-state index is 0.326. The number of methoxy groups -OCH3 is 1. The van der Waals surface area contributed by atoms with Crippen molar-refractivity contribution < 1.29 is 14.6 Å². The molecule has 0 spiro atoms. The number of aromatic nitrogens is 2. The number of carboxylic acids is 1. The van der Waals surface area contributed by atoms with Gasteiger partial charge >= 0.3 is 12.0 Å². The Morgan fingerprint density at radius 2 is 2.22 bits per heavy atom. The molecule has 1 aliphatic heterocycles. The van der Waals surface area contributed by atoms with Crippen molar-refractivity contribution in [1.82, 2.24) is 14.9 Å². The van der Waals surface area contributed by atoms with Crippen molar-refractivity contribution >= 4 is 5.97 Å². The van der Waals surface area contributed by atoms with Crippen molar-refractivity contribution in [3.63, 3.8) is 0 Å². The first-order valence-electron chi connectivity index (χ1n) is 6.02. The molecule has 98 valence electrons. The van der Waals surface area contributed by atoms with Gasteiger partial charge in [-0.15, -0.1) is 0 Å². The number of nitrogens with zero attached hydrogens (tertiary/aromatic N) is 3. The molecule has 6 heteroatoms. The van der Waals surface area contributed by atoms with Crippen molar-refractivity contribution in [2.45, 2.75) is 31.8 Å². The van der Waals surface area contributed by atoms with Crippen LogP contribution in [0.1, 0.15) is 24.8 Å². The molecule has 0 radical (unpaired) electrons. The third kappa shape index (κ3) is 2.95. The van der Waals surface area contributed by atoms with E-state index in [1.165, 1.54) is 7.11 Å². The van der Waals surface area contributed by atoms with E-state index in [1.54, 1.807) is 12.4 Å². The molecule has 1 unspecified atom stereocenters. The lowest BCUT2D eigenvalue weighted by Crippen LogP contribution is -2.44. The van der Waals surface area contributed by atoms with Gasteiger partial charge in [-0.3, -0.25) is 9.69 Å². The highest BCUT2D eigenvalue weighted by Crippen LogP contribution is 2.19. The van der Waals surface area contributed by atoms with Gasteiger partial charge in [0, 0.05) is 24.5 Å². The van der Waals surface area contributed by atoms with Crippen LogP contribution in [0.5, 0.6) is 6.01 Å². The summed E-state index contributed by atoms with van der Waals surface area (Å²) in [5, 5.41) is 9.18. The molecule has 2 heterocycles. The fourth-order valence-corrected chi connectivity index (χ4v) is 2.22. The monoisotopic (exact) mass is 251 g/mol. The molecule has 0 saturated carbocycles. The Bertz CT molecular complexity index is 408. The molecule has 0 aliphatic carbocycles. The standard InChI is InChI=1S/C12H17N3O3/c1-18-12-13-6-9(7-14-12)8-15-5-3-2-4-10(15)11(16)17/h6-7,10H,2-5,8H2,1H3,(H,16,17). The van der Waals surface area contributed by atoms with Crippen LogP contribution >= 0.6 is 0 Å². The van der Waals surface area contributed by atoms with Crippen LogP contribution in [0.3, 0.4) is 0 Å². The van der Waals surface area contributed by atoms with Gasteiger partial charge in [-0.2, -0.15) is 0 Å². The van der Waals surface area contributed by atoms with E-state index in [0.29, 0.717) is 19.0 Å². The van der Waals surface area contributed by atoms with E-state index < -0.39 is 5.97 Å². The van der Waals surface area contributed by atoms with E-state index >= 15 is 0 Å². The van der Waals surface area contributed by atoms with E-state index in [9.17, 15) is 9.90 Å². The molecule has 0 amide bonds. The van der Waals surface area contributed by atoms with Crippen LogP contribution in [-0.2, 0) is 11.3 Å². The highest BCUT2D eigenvalue weighted by atomic mass is 16.5. The van der Waals surface area contributed by atoms with Crippen LogP contribution in [0.25, 0.3) is 0 Å². The highest BCUT2D eigenvalue weighted by molar-refractivity contribution is 5.73. The lowest BCUT2D eigenvalue weighted by atomic mass is 10.0. The Hall–Kier alpha value is -1.69. The average molecular weight is 251 g/mol. The summed E-state index contributed by atoms with van der Waals surface area (Å²) in [6, 6.07) is -0.0620. The first-order chi connectivity index (χ1) is 8.70. The molecular formula is C12H17N3O3. The number of carbonyl (C=O) groups is 1. The summed E-state index contributed by atoms with van der Waals surface area (Å²) in [6.07, 6.45) is 6.10. The lowest BCUT2D eigenvalue weighted by molar-refractivity contribution is -0.144. The molecular weight excluding hydrogens is 234 g/mol. The maximum atomic E-state index is 11.2. The smallest absolute Gasteiger partial charge is 0.320 e. The minimum atomic E-state index is -0.746. The van der Waals surface area contributed by atoms with Gasteiger partial charge in [-0.25, -0.2) is 9.97 Å². The summed E-state index contributed by atoms with van der Waals surface area (Å²) < 4.78 is 4.89. The number of carboxylic acid groups (broad SMARTS) is 1. The van der Waals surface area contributed by atoms with Gasteiger partial charge < -0.3 is 9.84 Å². The molecule has 1 fully saturated rings. The van der Waals surface area contributed by atoms with Crippen LogP contribution in [0, 0.1) is 0 Å². The molecule has 1 aliphatic rings. The average Bonchev–Trinajstić information content (AvgIpc) is 2.40. The molecule has 1 aromatic rings. The Kier molecular flexibility index (Phi) is 4.09. The maximum absolute atomic E-state index is 11.2. The number of aliphatic carboxylic acids is 1. The summed E-state index contributed by atoms with van der Waals surface area (Å²) in [6.45, 7) is 1.38. The van der Waals surface area contributed by atoms with Crippen molar-refractivity contribution in [2.75, 3.05) is 13.7 Å². The predicted octanol–water partition coefficient (Wildman–Crippen LogP) is 0.924. The third-order valence-corrected chi connectivity index (χ3v) is 3.15. The summed E-state index contributed by atoms with van der Waals surface area (Å²) in [4.78, 5) is 21.2. The molecule has 0 aromatic carbocycles. The number of piperidine rings is 1. The van der Waals surface area contributed by atoms with Gasteiger partial charge in [0.25, 0.3) is 0 Å². The van der Waals surface area contributed by atoms with Crippen molar-refractivity contribution in [2.24, 2.45) is 0 Å². The molecule has 2 rings (SSSR count). The number of rotatable bonds is 4. The number of ether oxygens (including phenoxy) is 1. The fraction of sp³-hybridized carbons (Fsp3) is 0.583. The Balaban J connectivity index is 2.03. The van der Waals surface area contributed by atoms with E-state index in [1.807, 2.05) is 4.90 Å². The second-order valence-electron chi connectivity index (χ2n) is 4.40. The van der Waals surface area contributed by atoms with Crippen LogP contribution in [0.4, 0.5) is 0 Å². The minimum Gasteiger partial charge on any atom is -0.480 e. The number of hydrogen-bond acceptors (Lipinski definition) is 5. The van der Waals surface area contributed by atoms with Crippen molar-refractivity contribution in [3.8, 4) is 6.01 Å². The van der Waals surface area contributed by atoms with Crippen molar-refractivity contribution in [3.05, 3.63) is 18.0 Å².